The molecule has 0 heterocycles. The molecule has 0 aromatic heterocycles. The molecule has 0 rings (SSSR count). The summed E-state index contributed by atoms with van der Waals surface area (Å²) >= 11 is 0. The van der Waals surface area contributed by atoms with Gasteiger partial charge in [-0.3, -0.25) is 37.3 Å². The number of phosphoric acid groups is 2. The van der Waals surface area contributed by atoms with Gasteiger partial charge in [0.2, 0.25) is 0 Å². The molecule has 5 atom stereocenters. The van der Waals surface area contributed by atoms with Crippen molar-refractivity contribution in [2.45, 2.75) is 303 Å². The summed E-state index contributed by atoms with van der Waals surface area (Å²) in [6.45, 7) is 4.38. The van der Waals surface area contributed by atoms with E-state index in [0.717, 1.165) is 161 Å². The summed E-state index contributed by atoms with van der Waals surface area (Å²) in [6.07, 6.45) is 85.3. The van der Waals surface area contributed by atoms with Gasteiger partial charge in [-0.05, 0) is 141 Å². The summed E-state index contributed by atoms with van der Waals surface area (Å²) in [5.74, 6) is -2.31. The monoisotopic (exact) mass is 1470 g/mol. The first-order chi connectivity index (χ1) is 49.7. The fraction of sp³-hybridized carbons (Fsp3) is 0.639. The Kier molecular flexibility index (Phi) is 70.1. The van der Waals surface area contributed by atoms with Gasteiger partial charge in [-0.25, -0.2) is 9.13 Å². The Hall–Kier alpha value is -5.32. The third-order valence-corrected chi connectivity index (χ3v) is 17.4. The van der Waals surface area contributed by atoms with Crippen LogP contribution in [0.1, 0.15) is 285 Å². The van der Waals surface area contributed by atoms with E-state index in [1.807, 2.05) is 12.2 Å². The molecule has 3 N–H and O–H groups in total. The molecule has 0 aromatic rings. The molecule has 102 heavy (non-hydrogen) atoms. The van der Waals surface area contributed by atoms with Gasteiger partial charge in [0.05, 0.1) is 26.4 Å². The fourth-order valence-electron chi connectivity index (χ4n) is 9.71. The molecule has 0 radical (unpaired) electrons. The van der Waals surface area contributed by atoms with Crippen LogP contribution in [0.4, 0.5) is 0 Å². The molecule has 0 aliphatic rings. The van der Waals surface area contributed by atoms with Crippen molar-refractivity contribution in [1.82, 2.24) is 0 Å². The van der Waals surface area contributed by atoms with Crippen molar-refractivity contribution >= 4 is 39.5 Å². The zero-order valence-corrected chi connectivity index (χ0v) is 65.0. The summed E-state index contributed by atoms with van der Waals surface area (Å²) in [4.78, 5) is 72.9. The standard InChI is InChI=1S/C83H136O17P2/c1-5-9-13-17-21-25-29-32-35-37-38-40-42-45-49-52-56-60-64-68-81(86)94-74-79(100-83(88)70-66-62-58-54-50-46-43-39-36-33-30-26-22-18-14-10-6-2)76-98-102(91,92)96-72-77(84)71-95-101(89,90)97-75-78(99-82(87)69-65-61-57-53-47-28-24-20-16-12-8-4)73-93-80(85)67-63-59-55-51-48-44-41-34-31-27-23-19-15-11-7-3/h9-11,13-15,21-23,25-27,32-36,38,40-41,43,46,48,51,54,58,77-79,84H,5-8,12,16-20,24,28-31,37,39,42,44-45,47,49-50,52-53,55-57,59-76H2,1-4H3,(H,89,90)(H,91,92)/b13-9-,14-10-,15-11-,25-21-,26-22-,27-23-,35-32-,36-33-,40-38-,41-34-,46-43-,51-48-,58-54-. The zero-order valence-electron chi connectivity index (χ0n) is 63.2. The number of aliphatic hydroxyl groups is 1. The van der Waals surface area contributed by atoms with E-state index in [1.165, 1.54) is 38.5 Å². The highest BCUT2D eigenvalue weighted by Gasteiger charge is 2.30. The van der Waals surface area contributed by atoms with Crippen LogP contribution in [0.5, 0.6) is 0 Å². The molecule has 0 fully saturated rings. The van der Waals surface area contributed by atoms with Crippen molar-refractivity contribution in [3.8, 4) is 0 Å². The molecular formula is C83H136O17P2. The van der Waals surface area contributed by atoms with Crippen molar-refractivity contribution in [1.29, 1.82) is 0 Å². The van der Waals surface area contributed by atoms with Crippen LogP contribution in [0, 0.1) is 0 Å². The van der Waals surface area contributed by atoms with Crippen molar-refractivity contribution < 1.29 is 80.2 Å². The lowest BCUT2D eigenvalue weighted by molar-refractivity contribution is -0.161. The van der Waals surface area contributed by atoms with Crippen molar-refractivity contribution in [2.24, 2.45) is 0 Å². The number of carbonyl (C=O) groups excluding carboxylic acids is 4. The number of hydrogen-bond acceptors (Lipinski definition) is 15. The van der Waals surface area contributed by atoms with E-state index < -0.39 is 97.5 Å². The van der Waals surface area contributed by atoms with Crippen LogP contribution >= 0.6 is 15.6 Å². The molecule has 0 aliphatic heterocycles. The lowest BCUT2D eigenvalue weighted by Crippen LogP contribution is -2.30. The Morgan fingerprint density at radius 2 is 0.520 bits per heavy atom. The van der Waals surface area contributed by atoms with Crippen LogP contribution in [0.15, 0.2) is 158 Å². The van der Waals surface area contributed by atoms with Crippen LogP contribution < -0.4 is 0 Å². The highest BCUT2D eigenvalue weighted by atomic mass is 31.2. The van der Waals surface area contributed by atoms with Gasteiger partial charge in [0.15, 0.2) is 12.2 Å². The quantitative estimate of drug-likeness (QED) is 0.0169. The van der Waals surface area contributed by atoms with Gasteiger partial charge >= 0.3 is 39.5 Å². The summed E-state index contributed by atoms with van der Waals surface area (Å²) in [6, 6.07) is 0. The SMILES string of the molecule is CC/C=C\C/C=C\C/C=C\C/C=C\C/C=C\CCCC(=O)OC(COC(=O)CCCCCCCC/C=C\C/C=C\C/C=C\C/C=C\CC)COP(=O)(O)OCC(O)COP(=O)(O)OCC(COC(=O)CCCC/C=C\C/C=C\C/C=C\C/C=C\CC)OC(=O)CCCCCCCCCCCCC. The molecular weight excluding hydrogens is 1330 g/mol. The maximum atomic E-state index is 13.1. The highest BCUT2D eigenvalue weighted by molar-refractivity contribution is 7.47. The third kappa shape index (κ3) is 73.0. The molecule has 0 aromatic carbocycles. The van der Waals surface area contributed by atoms with Crippen LogP contribution in [-0.4, -0.2) is 96.7 Å². The molecule has 0 saturated heterocycles. The fourth-order valence-corrected chi connectivity index (χ4v) is 11.3. The van der Waals surface area contributed by atoms with Crippen molar-refractivity contribution in [2.75, 3.05) is 39.6 Å². The van der Waals surface area contributed by atoms with Crippen molar-refractivity contribution in [3.63, 3.8) is 0 Å². The zero-order chi connectivity index (χ0) is 74.6. The van der Waals surface area contributed by atoms with E-state index in [4.69, 9.17) is 37.0 Å². The van der Waals surface area contributed by atoms with Gasteiger partial charge in [0.1, 0.15) is 19.3 Å². The first kappa shape index (κ1) is 96.7. The molecule has 0 amide bonds. The molecule has 19 heteroatoms. The normalized spacial score (nSPS) is 14.8. The lowest BCUT2D eigenvalue weighted by atomic mass is 10.1. The Balaban J connectivity index is 5.44. The number of rotatable bonds is 71. The molecule has 0 saturated carbocycles. The largest absolute Gasteiger partial charge is 0.472 e. The van der Waals surface area contributed by atoms with Gasteiger partial charge in [-0.15, -0.1) is 0 Å². The number of phosphoric ester groups is 2. The maximum Gasteiger partial charge on any atom is 0.472 e. The first-order valence-corrected chi connectivity index (χ1v) is 41.7. The van der Waals surface area contributed by atoms with Gasteiger partial charge in [0.25, 0.3) is 0 Å². The summed E-state index contributed by atoms with van der Waals surface area (Å²) in [7, 11) is -9.99. The highest BCUT2D eigenvalue weighted by Crippen LogP contribution is 2.45. The second-order valence-electron chi connectivity index (χ2n) is 25.2. The molecule has 580 valence electrons. The first-order valence-electron chi connectivity index (χ1n) is 38.7. The van der Waals surface area contributed by atoms with Crippen LogP contribution in [0.3, 0.4) is 0 Å². The Labute approximate surface area is 617 Å². The van der Waals surface area contributed by atoms with E-state index in [0.29, 0.717) is 32.1 Å². The number of esters is 4. The predicted molar refractivity (Wildman–Crippen MR) is 417 cm³/mol. The van der Waals surface area contributed by atoms with Gasteiger partial charge < -0.3 is 33.8 Å². The van der Waals surface area contributed by atoms with E-state index in [-0.39, 0.29) is 25.7 Å². The number of carbonyl (C=O) groups is 4. The average Bonchev–Trinajstić information content (AvgIpc) is 0.927. The summed E-state index contributed by atoms with van der Waals surface area (Å²) in [5, 5.41) is 10.6. The number of allylic oxidation sites excluding steroid dienone is 26. The average molecular weight is 1470 g/mol. The van der Waals surface area contributed by atoms with Gasteiger partial charge in [-0.1, -0.05) is 276 Å². The third-order valence-electron chi connectivity index (χ3n) is 15.5. The molecule has 0 spiro atoms. The number of aliphatic hydroxyl groups excluding tert-OH is 1. The molecule has 0 aliphatic carbocycles. The number of hydrogen-bond donors (Lipinski definition) is 3. The van der Waals surface area contributed by atoms with E-state index >= 15 is 0 Å². The minimum absolute atomic E-state index is 0.00739. The summed E-state index contributed by atoms with van der Waals surface area (Å²) < 4.78 is 68.4. The molecule has 5 unspecified atom stereocenters. The second-order valence-corrected chi connectivity index (χ2v) is 28.1. The Bertz CT molecular complexity index is 2550. The Morgan fingerprint density at radius 1 is 0.284 bits per heavy atom. The van der Waals surface area contributed by atoms with Crippen molar-refractivity contribution in [3.05, 3.63) is 158 Å². The number of unbranched alkanes of at least 4 members (excludes halogenated alkanes) is 19. The number of ether oxygens (including phenoxy) is 4. The van der Waals surface area contributed by atoms with Crippen LogP contribution in [0.25, 0.3) is 0 Å². The van der Waals surface area contributed by atoms with Gasteiger partial charge in [-0.2, -0.15) is 0 Å². The lowest BCUT2D eigenvalue weighted by Gasteiger charge is -2.21. The van der Waals surface area contributed by atoms with E-state index in [1.54, 1.807) is 0 Å². The van der Waals surface area contributed by atoms with E-state index in [9.17, 15) is 43.2 Å². The maximum absolute atomic E-state index is 13.1. The second kappa shape index (κ2) is 74.0. The smallest absolute Gasteiger partial charge is 0.462 e. The topological polar surface area (TPSA) is 237 Å². The van der Waals surface area contributed by atoms with E-state index in [2.05, 4.69) is 174 Å². The Morgan fingerprint density at radius 3 is 0.843 bits per heavy atom. The van der Waals surface area contributed by atoms with Crippen LogP contribution in [0.2, 0.25) is 0 Å². The predicted octanol–water partition coefficient (Wildman–Crippen LogP) is 22.4. The summed E-state index contributed by atoms with van der Waals surface area (Å²) in [5.41, 5.74) is 0. The molecule has 0 bridgehead atoms. The molecule has 17 nitrogen and oxygen atoms in total. The minimum atomic E-state index is -5.00. The van der Waals surface area contributed by atoms with Crippen LogP contribution in [-0.2, 0) is 65.4 Å². The minimum Gasteiger partial charge on any atom is -0.462 e. The van der Waals surface area contributed by atoms with Gasteiger partial charge in [0, 0.05) is 25.7 Å².